The lowest BCUT2D eigenvalue weighted by molar-refractivity contribution is -0.158. The number of pyridine rings is 1. The van der Waals surface area contributed by atoms with Gasteiger partial charge in [-0.25, -0.2) is 4.79 Å². The second-order valence-corrected chi connectivity index (χ2v) is 8.28. The molecule has 9 heteroatoms. The normalized spacial score (nSPS) is 18.9. The van der Waals surface area contributed by atoms with Gasteiger partial charge in [-0.1, -0.05) is 11.6 Å². The molecule has 0 radical (unpaired) electrons. The van der Waals surface area contributed by atoms with Gasteiger partial charge in [-0.15, -0.1) is 0 Å². The second kappa shape index (κ2) is 7.83. The highest BCUT2D eigenvalue weighted by molar-refractivity contribution is 6.30. The van der Waals surface area contributed by atoms with Gasteiger partial charge in [0.2, 0.25) is 0 Å². The first-order chi connectivity index (χ1) is 12.3. The van der Waals surface area contributed by atoms with Gasteiger partial charge in [0.1, 0.15) is 5.60 Å². The molecule has 152 valence electrons. The van der Waals surface area contributed by atoms with Gasteiger partial charge in [-0.05, 0) is 45.7 Å². The predicted octanol–water partition coefficient (Wildman–Crippen LogP) is 4.53. The summed E-state index contributed by atoms with van der Waals surface area (Å²) < 4.78 is 44.7. The molecule has 2 rings (SSSR count). The molecule has 1 aromatic rings. The number of rotatable bonds is 3. The minimum Gasteiger partial charge on any atom is -0.444 e. The molecule has 1 atom stereocenters. The van der Waals surface area contributed by atoms with Gasteiger partial charge in [0.05, 0.1) is 17.0 Å². The van der Waals surface area contributed by atoms with Crippen molar-refractivity contribution in [1.29, 1.82) is 0 Å². The molecule has 0 bridgehead atoms. The number of aliphatic hydroxyl groups is 1. The van der Waals surface area contributed by atoms with E-state index in [1.54, 1.807) is 20.8 Å². The molecule has 1 amide bonds. The first-order valence-corrected chi connectivity index (χ1v) is 9.05. The maximum atomic E-state index is 13.1. The molecule has 1 aromatic heterocycles. The molecule has 2 heterocycles. The van der Waals surface area contributed by atoms with Crippen LogP contribution in [0.4, 0.5) is 18.0 Å². The molecule has 1 aliphatic heterocycles. The fraction of sp³-hybridized carbons (Fsp3) is 0.667. The summed E-state index contributed by atoms with van der Waals surface area (Å²) in [4.78, 5) is 17.5. The van der Waals surface area contributed by atoms with Crippen molar-refractivity contribution in [2.24, 2.45) is 0 Å². The number of carbonyl (C=O) groups excluding carboxylic acids is 1. The van der Waals surface area contributed by atoms with Gasteiger partial charge in [-0.2, -0.15) is 13.2 Å². The van der Waals surface area contributed by atoms with Crippen LogP contribution in [-0.4, -0.2) is 51.6 Å². The van der Waals surface area contributed by atoms with Gasteiger partial charge in [0.15, 0.2) is 0 Å². The highest BCUT2D eigenvalue weighted by atomic mass is 35.5. The van der Waals surface area contributed by atoms with Crippen molar-refractivity contribution in [3.8, 4) is 0 Å². The Morgan fingerprint density at radius 1 is 1.33 bits per heavy atom. The molecular formula is C18H24ClF3N2O3. The SMILES string of the molecule is CC(C)(C)OC(=O)N1CCC(O)(C(CC(F)(F)F)c2ccc(Cl)cn2)CC1. The average Bonchev–Trinajstić information content (AvgIpc) is 2.52. The Balaban J connectivity index is 2.16. The van der Waals surface area contributed by atoms with Crippen molar-refractivity contribution in [3.05, 3.63) is 29.0 Å². The fourth-order valence-corrected chi connectivity index (χ4v) is 3.26. The summed E-state index contributed by atoms with van der Waals surface area (Å²) in [6, 6.07) is 2.85. The first kappa shape index (κ1) is 21.8. The van der Waals surface area contributed by atoms with Crippen molar-refractivity contribution < 1.29 is 27.8 Å². The summed E-state index contributed by atoms with van der Waals surface area (Å²) in [6.07, 6.45) is -4.95. The first-order valence-electron chi connectivity index (χ1n) is 8.68. The minimum absolute atomic E-state index is 0.00268. The molecule has 5 nitrogen and oxygen atoms in total. The smallest absolute Gasteiger partial charge is 0.410 e. The van der Waals surface area contributed by atoms with Gasteiger partial charge in [-0.3, -0.25) is 4.98 Å². The average molecular weight is 409 g/mol. The highest BCUT2D eigenvalue weighted by Gasteiger charge is 2.47. The number of likely N-dealkylation sites (tertiary alicyclic amines) is 1. The number of amides is 1. The van der Waals surface area contributed by atoms with E-state index in [9.17, 15) is 23.1 Å². The van der Waals surface area contributed by atoms with Crippen LogP contribution in [0.15, 0.2) is 18.3 Å². The van der Waals surface area contributed by atoms with E-state index in [1.807, 2.05) is 0 Å². The van der Waals surface area contributed by atoms with E-state index in [4.69, 9.17) is 16.3 Å². The third-order valence-electron chi connectivity index (χ3n) is 4.47. The molecule has 1 N–H and O–H groups in total. The molecule has 0 saturated carbocycles. The number of piperidine rings is 1. The number of nitrogens with zero attached hydrogens (tertiary/aromatic N) is 2. The van der Waals surface area contributed by atoms with E-state index >= 15 is 0 Å². The van der Waals surface area contributed by atoms with E-state index in [-0.39, 0.29) is 31.6 Å². The van der Waals surface area contributed by atoms with Crippen molar-refractivity contribution >= 4 is 17.7 Å². The molecule has 1 unspecified atom stereocenters. The summed E-state index contributed by atoms with van der Waals surface area (Å²) >= 11 is 5.77. The third-order valence-corrected chi connectivity index (χ3v) is 4.70. The lowest BCUT2D eigenvalue weighted by Gasteiger charge is -2.43. The topological polar surface area (TPSA) is 62.7 Å². The second-order valence-electron chi connectivity index (χ2n) is 7.84. The number of hydrogen-bond acceptors (Lipinski definition) is 4. The maximum Gasteiger partial charge on any atom is 0.410 e. The Hall–Kier alpha value is -1.54. The summed E-state index contributed by atoms with van der Waals surface area (Å²) in [7, 11) is 0. The van der Waals surface area contributed by atoms with Crippen LogP contribution in [0.5, 0.6) is 0 Å². The van der Waals surface area contributed by atoms with Crippen LogP contribution in [0.25, 0.3) is 0 Å². The van der Waals surface area contributed by atoms with Crippen LogP contribution in [0, 0.1) is 0 Å². The fourth-order valence-electron chi connectivity index (χ4n) is 3.15. The summed E-state index contributed by atoms with van der Waals surface area (Å²) in [5, 5.41) is 11.3. The van der Waals surface area contributed by atoms with Crippen LogP contribution in [0.3, 0.4) is 0 Å². The van der Waals surface area contributed by atoms with E-state index < -0.39 is 35.8 Å². The number of aromatic nitrogens is 1. The molecule has 0 aromatic carbocycles. The monoisotopic (exact) mass is 408 g/mol. The molecule has 27 heavy (non-hydrogen) atoms. The zero-order chi connectivity index (χ0) is 20.5. The Bertz CT molecular complexity index is 651. The van der Waals surface area contributed by atoms with Crippen molar-refractivity contribution in [2.75, 3.05) is 13.1 Å². The van der Waals surface area contributed by atoms with Crippen molar-refractivity contribution in [2.45, 2.75) is 63.3 Å². The number of halogens is 4. The Morgan fingerprint density at radius 2 is 1.93 bits per heavy atom. The predicted molar refractivity (Wildman–Crippen MR) is 94.7 cm³/mol. The lowest BCUT2D eigenvalue weighted by Crippen LogP contribution is -2.51. The van der Waals surface area contributed by atoms with Crippen LogP contribution in [0.1, 0.15) is 51.6 Å². The molecule has 1 saturated heterocycles. The van der Waals surface area contributed by atoms with E-state index in [0.29, 0.717) is 5.02 Å². The van der Waals surface area contributed by atoms with Crippen LogP contribution in [-0.2, 0) is 4.74 Å². The Kier molecular flexibility index (Phi) is 6.31. The van der Waals surface area contributed by atoms with E-state index in [2.05, 4.69) is 4.98 Å². The summed E-state index contributed by atoms with van der Waals surface area (Å²) in [5.41, 5.74) is -2.17. The van der Waals surface area contributed by atoms with Crippen molar-refractivity contribution in [3.63, 3.8) is 0 Å². The quantitative estimate of drug-likeness (QED) is 0.798. The molecule has 0 spiro atoms. The van der Waals surface area contributed by atoms with Crippen molar-refractivity contribution in [1.82, 2.24) is 9.88 Å². The Labute approximate surface area is 161 Å². The standard InChI is InChI=1S/C18H24ClF3N2O3/c1-16(2,3)27-15(25)24-8-6-17(26,7-9-24)13(10-18(20,21)22)14-5-4-12(19)11-23-14/h4-5,11,13,26H,6-10H2,1-3H3. The van der Waals surface area contributed by atoms with Crippen LogP contribution < -0.4 is 0 Å². The number of hydrogen-bond donors (Lipinski definition) is 1. The number of alkyl halides is 3. The minimum atomic E-state index is -4.47. The van der Waals surface area contributed by atoms with E-state index in [0.717, 1.165) is 0 Å². The largest absolute Gasteiger partial charge is 0.444 e. The van der Waals surface area contributed by atoms with Gasteiger partial charge in [0, 0.05) is 30.9 Å². The third kappa shape index (κ3) is 6.24. The zero-order valence-electron chi connectivity index (χ0n) is 15.5. The van der Waals surface area contributed by atoms with Gasteiger partial charge < -0.3 is 14.7 Å². The summed E-state index contributed by atoms with van der Waals surface area (Å²) in [5.74, 6) is -1.24. The molecule has 1 aliphatic rings. The summed E-state index contributed by atoms with van der Waals surface area (Å²) in [6.45, 7) is 5.41. The highest BCUT2D eigenvalue weighted by Crippen LogP contribution is 2.43. The molecule has 1 fully saturated rings. The van der Waals surface area contributed by atoms with Crippen LogP contribution >= 0.6 is 11.6 Å². The molecular weight excluding hydrogens is 385 g/mol. The zero-order valence-corrected chi connectivity index (χ0v) is 16.3. The van der Waals surface area contributed by atoms with Gasteiger partial charge >= 0.3 is 12.3 Å². The lowest BCUT2D eigenvalue weighted by atomic mass is 9.75. The van der Waals surface area contributed by atoms with Crippen LogP contribution in [0.2, 0.25) is 5.02 Å². The number of carbonyl (C=O) groups is 1. The van der Waals surface area contributed by atoms with E-state index in [1.165, 1.54) is 23.2 Å². The Morgan fingerprint density at radius 3 is 2.37 bits per heavy atom. The number of ether oxygens (including phenoxy) is 1. The van der Waals surface area contributed by atoms with Gasteiger partial charge in [0.25, 0.3) is 0 Å². The molecule has 0 aliphatic carbocycles. The maximum absolute atomic E-state index is 13.1.